The number of fused-ring (bicyclic) bond motifs is 1. The van der Waals surface area contributed by atoms with Crippen LogP contribution in [0.2, 0.25) is 5.02 Å². The average Bonchev–Trinajstić information content (AvgIpc) is 2.38. The number of thioether (sulfide) groups is 1. The van der Waals surface area contributed by atoms with Crippen molar-refractivity contribution in [2.24, 2.45) is 11.1 Å². The lowest BCUT2D eigenvalue weighted by atomic mass is 9.85. The van der Waals surface area contributed by atoms with Crippen molar-refractivity contribution in [1.29, 1.82) is 0 Å². The number of amides is 1. The third-order valence-corrected chi connectivity index (χ3v) is 5.22. The molecule has 1 aromatic carbocycles. The minimum atomic E-state index is -0.144. The van der Waals surface area contributed by atoms with Gasteiger partial charge in [0.15, 0.2) is 0 Å². The van der Waals surface area contributed by atoms with E-state index in [1.165, 1.54) is 4.90 Å². The minimum absolute atomic E-state index is 0.0141. The number of rotatable bonds is 3. The van der Waals surface area contributed by atoms with Crippen molar-refractivity contribution in [1.82, 2.24) is 5.32 Å². The Morgan fingerprint density at radius 1 is 1.52 bits per heavy atom. The topological polar surface area (TPSA) is 55.1 Å². The van der Waals surface area contributed by atoms with Crippen LogP contribution in [0.15, 0.2) is 23.1 Å². The van der Waals surface area contributed by atoms with Crippen LogP contribution in [0.3, 0.4) is 0 Å². The number of carbonyl (C=O) groups is 1. The van der Waals surface area contributed by atoms with Gasteiger partial charge < -0.3 is 11.1 Å². The number of nitrogens with one attached hydrogen (secondary N) is 1. The summed E-state index contributed by atoms with van der Waals surface area (Å²) in [6, 6.07) is 5.78. The van der Waals surface area contributed by atoms with E-state index in [-0.39, 0.29) is 23.4 Å². The third-order valence-electron chi connectivity index (χ3n) is 3.86. The van der Waals surface area contributed by atoms with Gasteiger partial charge in [-0.2, -0.15) is 0 Å². The summed E-state index contributed by atoms with van der Waals surface area (Å²) in [6.07, 6.45) is 1.28. The molecule has 0 aromatic heterocycles. The van der Waals surface area contributed by atoms with Gasteiger partial charge in [0.25, 0.3) is 0 Å². The summed E-state index contributed by atoms with van der Waals surface area (Å²) in [7, 11) is 0. The molecule has 0 aliphatic carbocycles. The molecule has 1 aliphatic heterocycles. The zero-order valence-corrected chi connectivity index (χ0v) is 14.4. The van der Waals surface area contributed by atoms with Gasteiger partial charge in [-0.05, 0) is 35.6 Å². The van der Waals surface area contributed by atoms with Crippen LogP contribution in [0.25, 0.3) is 0 Å². The summed E-state index contributed by atoms with van der Waals surface area (Å²) in [5.74, 6) is 1.02. The lowest BCUT2D eigenvalue weighted by Crippen LogP contribution is -2.41. The van der Waals surface area contributed by atoms with E-state index < -0.39 is 0 Å². The molecule has 116 valence electrons. The molecule has 0 radical (unpaired) electrons. The molecule has 1 aromatic rings. The van der Waals surface area contributed by atoms with Gasteiger partial charge in [0.05, 0.1) is 6.04 Å². The molecule has 2 unspecified atom stereocenters. The number of nitrogens with two attached hydrogens (primary N) is 1. The van der Waals surface area contributed by atoms with E-state index in [0.717, 1.165) is 17.7 Å². The van der Waals surface area contributed by atoms with Gasteiger partial charge in [-0.25, -0.2) is 0 Å². The smallest absolute Gasteiger partial charge is 0.222 e. The Hall–Kier alpha value is -0.710. The molecule has 0 saturated carbocycles. The fourth-order valence-corrected chi connectivity index (χ4v) is 3.56. The second-order valence-corrected chi connectivity index (χ2v) is 8.19. The monoisotopic (exact) mass is 326 g/mol. The van der Waals surface area contributed by atoms with Crippen molar-refractivity contribution in [3.05, 3.63) is 28.8 Å². The van der Waals surface area contributed by atoms with E-state index in [1.54, 1.807) is 0 Å². The van der Waals surface area contributed by atoms with Crippen LogP contribution in [-0.2, 0) is 4.79 Å². The summed E-state index contributed by atoms with van der Waals surface area (Å²) < 4.78 is 0. The second kappa shape index (κ2) is 6.59. The first-order valence-electron chi connectivity index (χ1n) is 7.24. The number of carbonyl (C=O) groups excluding carboxylic acids is 1. The van der Waals surface area contributed by atoms with Crippen molar-refractivity contribution in [3.8, 4) is 0 Å². The Balaban J connectivity index is 2.05. The largest absolute Gasteiger partial charge is 0.349 e. The lowest BCUT2D eigenvalue weighted by Gasteiger charge is -2.29. The summed E-state index contributed by atoms with van der Waals surface area (Å²) in [5, 5.41) is 3.82. The Morgan fingerprint density at radius 2 is 2.24 bits per heavy atom. The minimum Gasteiger partial charge on any atom is -0.349 e. The molecular weight excluding hydrogens is 304 g/mol. The SMILES string of the molecule is CC(C)(C)C(N)CC(=O)NC1CCSc2ccc(Cl)cc21. The predicted molar refractivity (Wildman–Crippen MR) is 89.7 cm³/mol. The molecule has 0 spiro atoms. The molecule has 5 heteroatoms. The molecule has 3 N–H and O–H groups in total. The highest BCUT2D eigenvalue weighted by Gasteiger charge is 2.26. The number of hydrogen-bond donors (Lipinski definition) is 2. The Bertz CT molecular complexity index is 527. The van der Waals surface area contributed by atoms with Gasteiger partial charge in [0, 0.05) is 28.1 Å². The highest BCUT2D eigenvalue weighted by molar-refractivity contribution is 7.99. The van der Waals surface area contributed by atoms with E-state index in [2.05, 4.69) is 26.1 Å². The van der Waals surface area contributed by atoms with Crippen LogP contribution in [0.4, 0.5) is 0 Å². The van der Waals surface area contributed by atoms with Crippen molar-refractivity contribution < 1.29 is 4.79 Å². The zero-order chi connectivity index (χ0) is 15.6. The van der Waals surface area contributed by atoms with E-state index in [0.29, 0.717) is 11.4 Å². The highest BCUT2D eigenvalue weighted by Crippen LogP contribution is 2.37. The van der Waals surface area contributed by atoms with Crippen LogP contribution in [0, 0.1) is 5.41 Å². The fraction of sp³-hybridized carbons (Fsp3) is 0.562. The van der Waals surface area contributed by atoms with Crippen molar-refractivity contribution in [2.45, 2.75) is 50.6 Å². The maximum absolute atomic E-state index is 12.2. The van der Waals surface area contributed by atoms with E-state index >= 15 is 0 Å². The van der Waals surface area contributed by atoms with Crippen molar-refractivity contribution in [2.75, 3.05) is 5.75 Å². The Kier molecular flexibility index (Phi) is 5.23. The highest BCUT2D eigenvalue weighted by atomic mass is 35.5. The average molecular weight is 327 g/mol. The predicted octanol–water partition coefficient (Wildman–Crippen LogP) is 3.76. The number of hydrogen-bond acceptors (Lipinski definition) is 3. The molecule has 1 aliphatic rings. The summed E-state index contributed by atoms with van der Waals surface area (Å²) in [6.45, 7) is 6.16. The first-order chi connectivity index (χ1) is 9.77. The summed E-state index contributed by atoms with van der Waals surface area (Å²) in [5.41, 5.74) is 7.14. The van der Waals surface area contributed by atoms with E-state index in [9.17, 15) is 4.79 Å². The van der Waals surface area contributed by atoms with Crippen LogP contribution in [0.5, 0.6) is 0 Å². The van der Waals surface area contributed by atoms with Gasteiger partial charge in [-0.1, -0.05) is 32.4 Å². The fourth-order valence-electron chi connectivity index (χ4n) is 2.27. The molecule has 0 fully saturated rings. The molecule has 0 saturated heterocycles. The molecule has 3 nitrogen and oxygen atoms in total. The maximum atomic E-state index is 12.2. The van der Waals surface area contributed by atoms with Gasteiger partial charge in [0.1, 0.15) is 0 Å². The Morgan fingerprint density at radius 3 is 2.90 bits per heavy atom. The van der Waals surface area contributed by atoms with E-state index in [4.69, 9.17) is 17.3 Å². The number of benzene rings is 1. The molecule has 21 heavy (non-hydrogen) atoms. The first-order valence-corrected chi connectivity index (χ1v) is 8.61. The van der Waals surface area contributed by atoms with Crippen LogP contribution >= 0.6 is 23.4 Å². The van der Waals surface area contributed by atoms with Gasteiger partial charge in [-0.15, -0.1) is 11.8 Å². The Labute approximate surface area is 136 Å². The lowest BCUT2D eigenvalue weighted by molar-refractivity contribution is -0.122. The zero-order valence-electron chi connectivity index (χ0n) is 12.8. The van der Waals surface area contributed by atoms with Gasteiger partial charge in [0.2, 0.25) is 5.91 Å². The molecule has 2 atom stereocenters. The quantitative estimate of drug-likeness (QED) is 0.889. The first kappa shape index (κ1) is 16.7. The summed E-state index contributed by atoms with van der Waals surface area (Å²) in [4.78, 5) is 13.4. The summed E-state index contributed by atoms with van der Waals surface area (Å²) >= 11 is 7.89. The van der Waals surface area contributed by atoms with Crippen LogP contribution in [0.1, 0.15) is 45.2 Å². The van der Waals surface area contributed by atoms with Crippen LogP contribution < -0.4 is 11.1 Å². The standard InChI is InChI=1S/C16H23ClN2OS/c1-16(2,3)14(18)9-15(20)19-12-6-7-21-13-5-4-10(17)8-11(12)13/h4-5,8,12,14H,6-7,9,18H2,1-3H3,(H,19,20). The molecule has 0 bridgehead atoms. The normalized spacial score (nSPS) is 19.8. The molecular formula is C16H23ClN2OS. The van der Waals surface area contributed by atoms with Gasteiger partial charge >= 0.3 is 0 Å². The molecule has 2 rings (SSSR count). The number of halogens is 1. The second-order valence-electron chi connectivity index (χ2n) is 6.62. The van der Waals surface area contributed by atoms with E-state index in [1.807, 2.05) is 30.0 Å². The van der Waals surface area contributed by atoms with Gasteiger partial charge in [-0.3, -0.25) is 4.79 Å². The molecule has 1 heterocycles. The maximum Gasteiger partial charge on any atom is 0.222 e. The molecule has 1 amide bonds. The van der Waals surface area contributed by atoms with Crippen LogP contribution in [-0.4, -0.2) is 17.7 Å². The van der Waals surface area contributed by atoms with Crippen molar-refractivity contribution >= 4 is 29.3 Å². The van der Waals surface area contributed by atoms with Crippen molar-refractivity contribution in [3.63, 3.8) is 0 Å². The third kappa shape index (κ3) is 4.38.